The minimum atomic E-state index is -0.837. The number of nitrogens with zero attached hydrogens (tertiary/aromatic N) is 1. The average Bonchev–Trinajstić information content (AvgIpc) is 2.73. The fourth-order valence-corrected chi connectivity index (χ4v) is 2.47. The van der Waals surface area contributed by atoms with Crippen molar-refractivity contribution in [3.8, 4) is 5.75 Å². The van der Waals surface area contributed by atoms with Gasteiger partial charge in [0.25, 0.3) is 0 Å². The number of hydrazone groups is 1. The Kier molecular flexibility index (Phi) is 9.83. The Labute approximate surface area is 181 Å². The number of nitrogens with one attached hydrogen (secondary N) is 2. The largest absolute Gasteiger partial charge is 0.488 e. The summed E-state index contributed by atoms with van der Waals surface area (Å²) in [5.41, 5.74) is 3.85. The summed E-state index contributed by atoms with van der Waals surface area (Å²) in [6.07, 6.45) is 2.19. The number of amides is 2. The van der Waals surface area contributed by atoms with Gasteiger partial charge in [-0.15, -0.1) is 0 Å². The number of carbonyl (C=O) groups excluding carboxylic acids is 2. The third-order valence-corrected chi connectivity index (χ3v) is 4.11. The van der Waals surface area contributed by atoms with Crippen LogP contribution in [0.4, 0.5) is 0 Å². The summed E-state index contributed by atoms with van der Waals surface area (Å²) in [5.74, 6) is -0.986. The highest BCUT2D eigenvalue weighted by Crippen LogP contribution is 2.18. The van der Waals surface area contributed by atoms with Gasteiger partial charge in [0.05, 0.1) is 12.3 Å². The fraction of sp³-hybridized carbons (Fsp3) is 0.318. The summed E-state index contributed by atoms with van der Waals surface area (Å²) >= 11 is 5.89. The van der Waals surface area contributed by atoms with E-state index in [-0.39, 0.29) is 6.10 Å². The highest BCUT2D eigenvalue weighted by atomic mass is 35.5. The molecule has 0 atom stereocenters. The summed E-state index contributed by atoms with van der Waals surface area (Å²) in [4.78, 5) is 23.6. The van der Waals surface area contributed by atoms with Gasteiger partial charge in [-0.3, -0.25) is 9.59 Å². The maximum atomic E-state index is 11.8. The molecule has 2 aromatic carbocycles. The smallest absolute Gasteiger partial charge is 0.329 e. The van der Waals surface area contributed by atoms with E-state index in [1.54, 1.807) is 24.3 Å². The molecule has 0 saturated carbocycles. The topological polar surface area (TPSA) is 89.0 Å². The van der Waals surface area contributed by atoms with Crippen LogP contribution in [0.1, 0.15) is 31.4 Å². The second-order valence-electron chi connectivity index (χ2n) is 6.68. The molecule has 7 nitrogen and oxygen atoms in total. The average molecular weight is 432 g/mol. The Bertz CT molecular complexity index is 854. The highest BCUT2D eigenvalue weighted by molar-refractivity contribution is 6.35. The second-order valence-corrected chi connectivity index (χ2v) is 7.12. The number of carbonyl (C=O) groups is 2. The van der Waals surface area contributed by atoms with Crippen LogP contribution < -0.4 is 15.5 Å². The number of hydrogen-bond acceptors (Lipinski definition) is 5. The van der Waals surface area contributed by atoms with Crippen molar-refractivity contribution in [2.75, 3.05) is 13.2 Å². The van der Waals surface area contributed by atoms with Gasteiger partial charge in [0.15, 0.2) is 0 Å². The molecule has 0 bridgehead atoms. The molecular formula is C22H26ClN3O4. The summed E-state index contributed by atoms with van der Waals surface area (Å²) in [6, 6.07) is 14.6. The lowest BCUT2D eigenvalue weighted by atomic mass is 10.2. The molecular weight excluding hydrogens is 406 g/mol. The Balaban J connectivity index is 1.80. The minimum absolute atomic E-state index is 0.136. The van der Waals surface area contributed by atoms with Crippen molar-refractivity contribution in [3.63, 3.8) is 0 Å². The van der Waals surface area contributed by atoms with Crippen LogP contribution in [0.15, 0.2) is 53.6 Å². The molecule has 0 aliphatic rings. The van der Waals surface area contributed by atoms with Gasteiger partial charge in [0.1, 0.15) is 12.4 Å². The van der Waals surface area contributed by atoms with Gasteiger partial charge in [-0.1, -0.05) is 35.9 Å². The predicted molar refractivity (Wildman–Crippen MR) is 117 cm³/mol. The van der Waals surface area contributed by atoms with Crippen molar-refractivity contribution in [2.24, 2.45) is 5.10 Å². The number of ether oxygens (including phenoxy) is 2. The quantitative estimate of drug-likeness (QED) is 0.261. The molecule has 30 heavy (non-hydrogen) atoms. The van der Waals surface area contributed by atoms with E-state index >= 15 is 0 Å². The van der Waals surface area contributed by atoms with Crippen LogP contribution in [0.5, 0.6) is 5.75 Å². The van der Waals surface area contributed by atoms with E-state index in [1.807, 2.05) is 38.1 Å². The maximum absolute atomic E-state index is 11.8. The first-order chi connectivity index (χ1) is 14.5. The lowest BCUT2D eigenvalue weighted by molar-refractivity contribution is -0.139. The molecule has 0 aliphatic carbocycles. The standard InChI is InChI=1S/C22H26ClN3O4/c1-16(2)29-13-5-12-24-21(27)22(28)26-25-14-18-6-3-4-7-20(18)30-15-17-8-10-19(23)11-9-17/h3-4,6-11,14,16H,5,12-13,15H2,1-2H3,(H,24,27)(H,26,28)/b25-14-. The normalized spacial score (nSPS) is 10.9. The molecule has 0 spiro atoms. The van der Waals surface area contributed by atoms with E-state index in [0.717, 1.165) is 5.56 Å². The van der Waals surface area contributed by atoms with Crippen molar-refractivity contribution in [2.45, 2.75) is 33.0 Å². The molecule has 0 aromatic heterocycles. The first-order valence-corrected chi connectivity index (χ1v) is 10.0. The molecule has 0 saturated heterocycles. The van der Waals surface area contributed by atoms with E-state index in [9.17, 15) is 9.59 Å². The molecule has 2 aromatic rings. The SMILES string of the molecule is CC(C)OCCCNC(=O)C(=O)N/N=C\c1ccccc1OCc1ccc(Cl)cc1. The van der Waals surface area contributed by atoms with Crippen LogP contribution in [0, 0.1) is 0 Å². The summed E-state index contributed by atoms with van der Waals surface area (Å²) < 4.78 is 11.2. The lowest BCUT2D eigenvalue weighted by Gasteiger charge is -2.09. The molecule has 0 fully saturated rings. The highest BCUT2D eigenvalue weighted by Gasteiger charge is 2.11. The van der Waals surface area contributed by atoms with E-state index in [2.05, 4.69) is 15.8 Å². The van der Waals surface area contributed by atoms with Gasteiger partial charge in [0, 0.05) is 23.7 Å². The minimum Gasteiger partial charge on any atom is -0.488 e. The van der Waals surface area contributed by atoms with Gasteiger partial charge >= 0.3 is 11.8 Å². The lowest BCUT2D eigenvalue weighted by Crippen LogP contribution is -2.38. The number of hydrogen-bond donors (Lipinski definition) is 2. The van der Waals surface area contributed by atoms with Crippen LogP contribution in [0.25, 0.3) is 0 Å². The van der Waals surface area contributed by atoms with Crippen molar-refractivity contribution < 1.29 is 19.1 Å². The van der Waals surface area contributed by atoms with Crippen LogP contribution in [0.3, 0.4) is 0 Å². The first-order valence-electron chi connectivity index (χ1n) is 9.65. The Morgan fingerprint density at radius 2 is 1.83 bits per heavy atom. The predicted octanol–water partition coefficient (Wildman–Crippen LogP) is 3.30. The van der Waals surface area contributed by atoms with E-state index in [4.69, 9.17) is 21.1 Å². The van der Waals surface area contributed by atoms with Gasteiger partial charge in [-0.25, -0.2) is 5.43 Å². The molecule has 0 unspecified atom stereocenters. The summed E-state index contributed by atoms with van der Waals surface area (Å²) in [7, 11) is 0. The summed E-state index contributed by atoms with van der Waals surface area (Å²) in [6.45, 7) is 5.10. The van der Waals surface area contributed by atoms with E-state index < -0.39 is 11.8 Å². The zero-order valence-electron chi connectivity index (χ0n) is 17.1. The second kappa shape index (κ2) is 12.6. The third kappa shape index (κ3) is 8.63. The zero-order chi connectivity index (χ0) is 21.8. The first kappa shape index (κ1) is 23.4. The molecule has 0 aliphatic heterocycles. The number of para-hydroxylation sites is 1. The molecule has 160 valence electrons. The van der Waals surface area contributed by atoms with E-state index in [0.29, 0.717) is 42.5 Å². The molecule has 2 rings (SSSR count). The fourth-order valence-electron chi connectivity index (χ4n) is 2.34. The molecule has 0 heterocycles. The van der Waals surface area contributed by atoms with Crippen molar-refractivity contribution in [1.82, 2.24) is 10.7 Å². The Morgan fingerprint density at radius 3 is 2.57 bits per heavy atom. The van der Waals surface area contributed by atoms with Crippen LogP contribution in [-0.4, -0.2) is 37.3 Å². The maximum Gasteiger partial charge on any atom is 0.329 e. The van der Waals surface area contributed by atoms with Crippen molar-refractivity contribution >= 4 is 29.6 Å². The van der Waals surface area contributed by atoms with Gasteiger partial charge in [-0.05, 0) is 50.1 Å². The van der Waals surface area contributed by atoms with Gasteiger partial charge < -0.3 is 14.8 Å². The molecule has 2 N–H and O–H groups in total. The Hall–Kier alpha value is -2.90. The molecule has 8 heteroatoms. The number of halogens is 1. The van der Waals surface area contributed by atoms with Gasteiger partial charge in [0.2, 0.25) is 0 Å². The van der Waals surface area contributed by atoms with Crippen LogP contribution in [0.2, 0.25) is 5.02 Å². The van der Waals surface area contributed by atoms with E-state index in [1.165, 1.54) is 6.21 Å². The third-order valence-electron chi connectivity index (χ3n) is 3.86. The van der Waals surface area contributed by atoms with Crippen molar-refractivity contribution in [1.29, 1.82) is 0 Å². The van der Waals surface area contributed by atoms with Crippen LogP contribution in [-0.2, 0) is 20.9 Å². The monoisotopic (exact) mass is 431 g/mol. The molecule has 0 radical (unpaired) electrons. The van der Waals surface area contributed by atoms with Gasteiger partial charge in [-0.2, -0.15) is 5.10 Å². The summed E-state index contributed by atoms with van der Waals surface area (Å²) in [5, 5.41) is 7.03. The van der Waals surface area contributed by atoms with Crippen LogP contribution >= 0.6 is 11.6 Å². The number of benzene rings is 2. The number of rotatable bonds is 10. The zero-order valence-corrected chi connectivity index (χ0v) is 17.8. The Morgan fingerprint density at radius 1 is 1.10 bits per heavy atom. The van der Waals surface area contributed by atoms with Crippen molar-refractivity contribution in [3.05, 3.63) is 64.7 Å². The molecule has 2 amide bonds.